The normalized spacial score (nSPS) is 10.7. The maximum absolute atomic E-state index is 12.8. The zero-order chi connectivity index (χ0) is 22.3. The largest absolute Gasteiger partial charge is 0.493 e. The van der Waals surface area contributed by atoms with E-state index in [4.69, 9.17) is 28.6 Å². The van der Waals surface area contributed by atoms with E-state index >= 15 is 0 Å². The van der Waals surface area contributed by atoms with Crippen molar-refractivity contribution in [2.45, 2.75) is 12.3 Å². The summed E-state index contributed by atoms with van der Waals surface area (Å²) < 4.78 is 6.88. The Morgan fingerprint density at radius 2 is 1.78 bits per heavy atom. The number of ether oxygens (including phenoxy) is 1. The first-order valence-electron chi connectivity index (χ1n) is 10.1. The molecule has 0 fully saturated rings. The van der Waals surface area contributed by atoms with Gasteiger partial charge < -0.3 is 10.1 Å². The van der Waals surface area contributed by atoms with Crippen LogP contribution in [0.1, 0.15) is 20.8 Å². The molecule has 0 saturated carbocycles. The lowest BCUT2D eigenvalue weighted by atomic mass is 10.1. The summed E-state index contributed by atoms with van der Waals surface area (Å²) in [6.07, 6.45) is 0.824. The van der Waals surface area contributed by atoms with Gasteiger partial charge in [0.25, 0.3) is 5.91 Å². The lowest BCUT2D eigenvalue weighted by Gasteiger charge is -2.11. The van der Waals surface area contributed by atoms with Gasteiger partial charge in [0.05, 0.1) is 11.5 Å². The molecule has 0 spiro atoms. The Balaban J connectivity index is 1.36. The van der Waals surface area contributed by atoms with Crippen molar-refractivity contribution < 1.29 is 9.53 Å². The minimum Gasteiger partial charge on any atom is -0.493 e. The van der Waals surface area contributed by atoms with E-state index in [1.807, 2.05) is 66.7 Å². The highest BCUT2D eigenvalue weighted by molar-refractivity contribution is 7.80. The van der Waals surface area contributed by atoms with Crippen LogP contribution in [-0.4, -0.2) is 17.6 Å². The number of thiophene rings is 1. The SMILES string of the molecule is O=C(NC(=S)Nc1cccc(OCCc2ccccc2)c1)c1sc2ccccc2c1CCl. The van der Waals surface area contributed by atoms with Crippen LogP contribution in [0.5, 0.6) is 5.75 Å². The number of amides is 1. The molecule has 1 aromatic heterocycles. The van der Waals surface area contributed by atoms with Crippen molar-refractivity contribution in [2.24, 2.45) is 0 Å². The smallest absolute Gasteiger partial charge is 0.267 e. The highest BCUT2D eigenvalue weighted by Crippen LogP contribution is 2.32. The molecule has 0 aliphatic heterocycles. The first-order valence-corrected chi connectivity index (χ1v) is 11.9. The number of hydrogen-bond donors (Lipinski definition) is 2. The standard InChI is InChI=1S/C25H21ClN2O2S2/c26-16-21-20-11-4-5-12-22(20)32-23(21)24(29)28-25(31)27-18-9-6-10-19(15-18)30-14-13-17-7-2-1-3-8-17/h1-12,15H,13-14,16H2,(H2,27,28,29,31). The van der Waals surface area contributed by atoms with Crippen molar-refractivity contribution in [3.63, 3.8) is 0 Å². The molecule has 0 bridgehead atoms. The van der Waals surface area contributed by atoms with Gasteiger partial charge in [-0.25, -0.2) is 0 Å². The van der Waals surface area contributed by atoms with Crippen LogP contribution in [0.25, 0.3) is 10.1 Å². The number of benzene rings is 3. The number of hydrogen-bond acceptors (Lipinski definition) is 4. The van der Waals surface area contributed by atoms with Gasteiger partial charge in [0.2, 0.25) is 0 Å². The van der Waals surface area contributed by atoms with E-state index in [1.165, 1.54) is 16.9 Å². The molecule has 4 nitrogen and oxygen atoms in total. The van der Waals surface area contributed by atoms with E-state index in [0.29, 0.717) is 11.5 Å². The second-order valence-corrected chi connectivity index (χ2v) is 8.79. The van der Waals surface area contributed by atoms with Crippen LogP contribution in [0.15, 0.2) is 78.9 Å². The van der Waals surface area contributed by atoms with E-state index in [9.17, 15) is 4.79 Å². The number of alkyl halides is 1. The molecule has 0 unspecified atom stereocenters. The van der Waals surface area contributed by atoms with Crippen LogP contribution < -0.4 is 15.4 Å². The van der Waals surface area contributed by atoms with Gasteiger partial charge in [-0.2, -0.15) is 0 Å². The van der Waals surface area contributed by atoms with E-state index in [1.54, 1.807) is 0 Å². The number of rotatable bonds is 7. The molecule has 7 heteroatoms. The lowest BCUT2D eigenvalue weighted by molar-refractivity contribution is 0.0981. The molecule has 0 aliphatic rings. The summed E-state index contributed by atoms with van der Waals surface area (Å²) in [4.78, 5) is 13.4. The molecular weight excluding hydrogens is 460 g/mol. The molecule has 4 aromatic rings. The topological polar surface area (TPSA) is 50.4 Å². The summed E-state index contributed by atoms with van der Waals surface area (Å²) in [5.74, 6) is 0.721. The number of halogens is 1. The third kappa shape index (κ3) is 5.46. The van der Waals surface area contributed by atoms with Crippen molar-refractivity contribution >= 4 is 61.9 Å². The summed E-state index contributed by atoms with van der Waals surface area (Å²) in [7, 11) is 0. The van der Waals surface area contributed by atoms with Crippen LogP contribution >= 0.6 is 35.2 Å². The van der Waals surface area contributed by atoms with Crippen LogP contribution in [0, 0.1) is 0 Å². The molecule has 162 valence electrons. The minimum atomic E-state index is -0.269. The molecule has 32 heavy (non-hydrogen) atoms. The summed E-state index contributed by atoms with van der Waals surface area (Å²) >= 11 is 12.9. The summed E-state index contributed by atoms with van der Waals surface area (Å²) in [5.41, 5.74) is 2.78. The third-order valence-electron chi connectivity index (χ3n) is 4.86. The number of fused-ring (bicyclic) bond motifs is 1. The van der Waals surface area contributed by atoms with Gasteiger partial charge in [0.1, 0.15) is 5.75 Å². The highest BCUT2D eigenvalue weighted by Gasteiger charge is 2.18. The second kappa shape index (κ2) is 10.6. The van der Waals surface area contributed by atoms with Crippen LogP contribution in [0.3, 0.4) is 0 Å². The van der Waals surface area contributed by atoms with Gasteiger partial charge in [0.15, 0.2) is 5.11 Å². The zero-order valence-electron chi connectivity index (χ0n) is 17.1. The Kier molecular flexibility index (Phi) is 7.37. The maximum atomic E-state index is 12.8. The molecule has 0 atom stereocenters. The van der Waals surface area contributed by atoms with E-state index in [2.05, 4.69) is 22.8 Å². The Morgan fingerprint density at radius 1 is 1.00 bits per heavy atom. The summed E-state index contributed by atoms with van der Waals surface area (Å²) in [6.45, 7) is 0.571. The molecule has 3 aromatic carbocycles. The molecule has 2 N–H and O–H groups in total. The van der Waals surface area contributed by atoms with Crippen molar-refractivity contribution in [1.82, 2.24) is 5.32 Å². The van der Waals surface area contributed by atoms with Crippen molar-refractivity contribution in [3.05, 3.63) is 94.9 Å². The van der Waals surface area contributed by atoms with Crippen LogP contribution in [0.4, 0.5) is 5.69 Å². The van der Waals surface area contributed by atoms with Gasteiger partial charge in [-0.3, -0.25) is 10.1 Å². The molecule has 0 radical (unpaired) electrons. The van der Waals surface area contributed by atoms with Gasteiger partial charge in [-0.1, -0.05) is 54.6 Å². The molecular formula is C25H21ClN2O2S2. The summed E-state index contributed by atoms with van der Waals surface area (Å²) in [6, 6.07) is 25.5. The van der Waals surface area contributed by atoms with Crippen molar-refractivity contribution in [1.29, 1.82) is 0 Å². The van der Waals surface area contributed by atoms with Crippen LogP contribution in [0.2, 0.25) is 0 Å². The second-order valence-electron chi connectivity index (χ2n) is 7.06. The fourth-order valence-electron chi connectivity index (χ4n) is 3.33. The first-order chi connectivity index (χ1) is 15.6. The average molecular weight is 481 g/mol. The molecule has 0 saturated heterocycles. The average Bonchev–Trinajstić information content (AvgIpc) is 3.19. The lowest BCUT2D eigenvalue weighted by Crippen LogP contribution is -2.34. The fraction of sp³-hybridized carbons (Fsp3) is 0.120. The monoisotopic (exact) mass is 480 g/mol. The maximum Gasteiger partial charge on any atom is 0.267 e. The number of nitrogens with one attached hydrogen (secondary N) is 2. The highest BCUT2D eigenvalue weighted by atomic mass is 35.5. The Hall–Kier alpha value is -2.93. The fourth-order valence-corrected chi connectivity index (χ4v) is 5.02. The van der Waals surface area contributed by atoms with Crippen molar-refractivity contribution in [3.8, 4) is 5.75 Å². The van der Waals surface area contributed by atoms with E-state index in [0.717, 1.165) is 33.5 Å². The molecule has 0 aliphatic carbocycles. The van der Waals surface area contributed by atoms with Gasteiger partial charge >= 0.3 is 0 Å². The number of carbonyl (C=O) groups excluding carboxylic acids is 1. The van der Waals surface area contributed by atoms with Gasteiger partial charge in [-0.15, -0.1) is 22.9 Å². The Labute approximate surface area is 201 Å². The van der Waals surface area contributed by atoms with Gasteiger partial charge in [-0.05, 0) is 46.9 Å². The predicted molar refractivity (Wildman–Crippen MR) is 137 cm³/mol. The predicted octanol–water partition coefficient (Wildman–Crippen LogP) is 6.39. The quantitative estimate of drug-likeness (QED) is 0.238. The Bertz CT molecular complexity index is 1240. The Morgan fingerprint density at radius 3 is 2.59 bits per heavy atom. The molecule has 4 rings (SSSR count). The minimum absolute atomic E-state index is 0.217. The van der Waals surface area contributed by atoms with Crippen LogP contribution in [-0.2, 0) is 12.3 Å². The van der Waals surface area contributed by atoms with E-state index < -0.39 is 0 Å². The van der Waals surface area contributed by atoms with Crippen molar-refractivity contribution in [2.75, 3.05) is 11.9 Å². The first kappa shape index (κ1) is 22.3. The number of anilines is 1. The zero-order valence-corrected chi connectivity index (χ0v) is 19.5. The van der Waals surface area contributed by atoms with Gasteiger partial charge in [0, 0.05) is 28.8 Å². The number of carbonyl (C=O) groups is 1. The molecule has 1 heterocycles. The molecule has 1 amide bonds. The summed E-state index contributed by atoms with van der Waals surface area (Å²) in [5, 5.41) is 7.02. The third-order valence-corrected chi connectivity index (χ3v) is 6.54. The van der Waals surface area contributed by atoms with E-state index in [-0.39, 0.29) is 16.9 Å². The number of thiocarbonyl (C=S) groups is 1.